The van der Waals surface area contributed by atoms with Crippen molar-refractivity contribution in [3.8, 4) is 11.1 Å². The molecule has 4 heteroatoms. The molecule has 10 aromatic carbocycles. The fourth-order valence-corrected chi connectivity index (χ4v) is 15.7. The van der Waals surface area contributed by atoms with E-state index in [1.807, 2.05) is 0 Å². The van der Waals surface area contributed by atoms with Gasteiger partial charge in [0.25, 0.3) is 6.71 Å². The molecule has 0 radical (unpaired) electrons. The quantitative estimate of drug-likeness (QED) is 0.117. The van der Waals surface area contributed by atoms with Crippen LogP contribution in [0.25, 0.3) is 21.9 Å². The topological polar surface area (TPSA) is 6.48 Å². The summed E-state index contributed by atoms with van der Waals surface area (Å²) in [5, 5.41) is 7.96. The number of nitrogens with zero attached hydrogens (tertiary/aromatic N) is 2. The van der Waals surface area contributed by atoms with Crippen LogP contribution in [0.4, 0.5) is 34.1 Å². The standard InChI is InChI=1S/C60H45BN2Si/c1-42-31-35-55(43(2)37-42)63-57-36-34-52(64(49-23-9-4-10-24-49,50-25-11-5-12-26-50)51-27-13-6-14-28-51)41-54(57)61-53-29-17-18-30-56(53)62(48-21-7-3-8-22-48)58-39-47(40-59(63)60(58)61)46-33-32-44-19-15-16-20-45(44)38-46/h3-41H,1-2H3. The molecule has 0 saturated heterocycles. The monoisotopic (exact) mass is 832 g/mol. The van der Waals surface area contributed by atoms with Gasteiger partial charge in [0.15, 0.2) is 8.07 Å². The number of benzene rings is 10. The van der Waals surface area contributed by atoms with E-state index in [9.17, 15) is 0 Å². The van der Waals surface area contributed by atoms with Crippen LogP contribution in [0.3, 0.4) is 0 Å². The van der Waals surface area contributed by atoms with Gasteiger partial charge in [-0.05, 0) is 127 Å². The Morgan fingerprint density at radius 2 is 0.891 bits per heavy atom. The Labute approximate surface area is 377 Å². The molecule has 0 amide bonds. The third-order valence-corrected chi connectivity index (χ3v) is 18.5. The maximum absolute atomic E-state index is 2.87. The molecule has 2 heterocycles. The highest BCUT2D eigenvalue weighted by atomic mass is 28.3. The fourth-order valence-electron chi connectivity index (χ4n) is 11.0. The highest BCUT2D eigenvalue weighted by Gasteiger charge is 2.47. The van der Waals surface area contributed by atoms with Gasteiger partial charge in [0.2, 0.25) is 0 Å². The zero-order valence-corrected chi connectivity index (χ0v) is 37.0. The SMILES string of the molecule is Cc1ccc(N2c3ccc([Si](c4ccccc4)(c4ccccc4)c4ccccc4)cc3B3c4ccccc4N(c4ccccc4)c4cc(-c5ccc6ccccc6c5)cc2c43)c(C)c1. The molecule has 0 saturated carbocycles. The van der Waals surface area contributed by atoms with Gasteiger partial charge in [0.1, 0.15) is 0 Å². The predicted octanol–water partition coefficient (Wildman–Crippen LogP) is 10.6. The normalized spacial score (nSPS) is 12.8. The first-order chi connectivity index (χ1) is 31.6. The molecule has 64 heavy (non-hydrogen) atoms. The van der Waals surface area contributed by atoms with Gasteiger partial charge in [-0.1, -0.05) is 194 Å². The number of anilines is 6. The minimum Gasteiger partial charge on any atom is -0.311 e. The molecular weight excluding hydrogens is 788 g/mol. The van der Waals surface area contributed by atoms with Gasteiger partial charge in [-0.2, -0.15) is 0 Å². The minimum absolute atomic E-state index is 0.0298. The summed E-state index contributed by atoms with van der Waals surface area (Å²) >= 11 is 0. The summed E-state index contributed by atoms with van der Waals surface area (Å²) in [4.78, 5) is 5.10. The van der Waals surface area contributed by atoms with Crippen LogP contribution in [0, 0.1) is 13.8 Å². The Kier molecular flexibility index (Phi) is 9.10. The van der Waals surface area contributed by atoms with Gasteiger partial charge in [-0.3, -0.25) is 0 Å². The highest BCUT2D eigenvalue weighted by Crippen LogP contribution is 2.46. The molecule has 10 aromatic rings. The summed E-state index contributed by atoms with van der Waals surface area (Å²) < 4.78 is 0. The molecule has 2 aliphatic rings. The smallest absolute Gasteiger partial charge is 0.252 e. The van der Waals surface area contributed by atoms with Gasteiger partial charge in [0, 0.05) is 34.1 Å². The van der Waals surface area contributed by atoms with Crippen molar-refractivity contribution >= 4 is 96.8 Å². The van der Waals surface area contributed by atoms with Crippen molar-refractivity contribution < 1.29 is 0 Å². The van der Waals surface area contributed by atoms with Crippen molar-refractivity contribution in [1.82, 2.24) is 0 Å². The van der Waals surface area contributed by atoms with Crippen LogP contribution in [0.2, 0.25) is 0 Å². The Bertz CT molecular complexity index is 3280. The highest BCUT2D eigenvalue weighted by molar-refractivity contribution is 7.20. The molecule has 0 N–H and O–H groups in total. The maximum Gasteiger partial charge on any atom is 0.252 e. The van der Waals surface area contributed by atoms with E-state index in [-0.39, 0.29) is 6.71 Å². The fraction of sp³-hybridized carbons (Fsp3) is 0.0333. The lowest BCUT2D eigenvalue weighted by Gasteiger charge is -2.45. The van der Waals surface area contributed by atoms with Crippen molar-refractivity contribution in [1.29, 1.82) is 0 Å². The van der Waals surface area contributed by atoms with Crippen molar-refractivity contribution in [2.75, 3.05) is 9.80 Å². The molecule has 0 atom stereocenters. The van der Waals surface area contributed by atoms with Crippen LogP contribution >= 0.6 is 0 Å². The van der Waals surface area contributed by atoms with Crippen molar-refractivity contribution in [3.05, 3.63) is 248 Å². The van der Waals surface area contributed by atoms with E-state index in [2.05, 4.69) is 260 Å². The molecule has 0 spiro atoms. The molecule has 302 valence electrons. The average Bonchev–Trinajstić information content (AvgIpc) is 3.35. The van der Waals surface area contributed by atoms with Crippen LogP contribution < -0.4 is 46.9 Å². The molecule has 2 nitrogen and oxygen atoms in total. The summed E-state index contributed by atoms with van der Waals surface area (Å²) in [5.41, 5.74) is 16.0. The van der Waals surface area contributed by atoms with E-state index in [4.69, 9.17) is 0 Å². The largest absolute Gasteiger partial charge is 0.311 e. The summed E-state index contributed by atoms with van der Waals surface area (Å²) in [7, 11) is -2.87. The number of para-hydroxylation sites is 2. The van der Waals surface area contributed by atoms with Gasteiger partial charge in [-0.25, -0.2) is 0 Å². The lowest BCUT2D eigenvalue weighted by atomic mass is 9.33. The zero-order valence-electron chi connectivity index (χ0n) is 36.0. The maximum atomic E-state index is 2.62. The molecule has 0 unspecified atom stereocenters. The summed E-state index contributed by atoms with van der Waals surface area (Å²) in [6.07, 6.45) is 0. The average molecular weight is 833 g/mol. The summed E-state index contributed by atoms with van der Waals surface area (Å²) in [5.74, 6) is 0. The number of hydrogen-bond acceptors (Lipinski definition) is 2. The number of hydrogen-bond donors (Lipinski definition) is 0. The van der Waals surface area contributed by atoms with Crippen LogP contribution in [-0.4, -0.2) is 14.8 Å². The Balaban J connectivity index is 1.21. The van der Waals surface area contributed by atoms with Crippen molar-refractivity contribution in [3.63, 3.8) is 0 Å². The molecule has 0 aliphatic carbocycles. The first-order valence-electron chi connectivity index (χ1n) is 22.4. The van der Waals surface area contributed by atoms with Gasteiger partial charge in [0.05, 0.1) is 0 Å². The van der Waals surface area contributed by atoms with Gasteiger partial charge >= 0.3 is 0 Å². The minimum atomic E-state index is -2.87. The van der Waals surface area contributed by atoms with Crippen LogP contribution in [0.5, 0.6) is 0 Å². The van der Waals surface area contributed by atoms with E-state index < -0.39 is 8.07 Å². The molecule has 2 aliphatic heterocycles. The second-order valence-corrected chi connectivity index (χ2v) is 21.2. The molecule has 0 fully saturated rings. The van der Waals surface area contributed by atoms with E-state index in [0.717, 1.165) is 5.69 Å². The Hall–Kier alpha value is -7.66. The predicted molar refractivity (Wildman–Crippen MR) is 276 cm³/mol. The number of aryl methyl sites for hydroxylation is 2. The summed E-state index contributed by atoms with van der Waals surface area (Å²) in [6.45, 7) is 4.44. The van der Waals surface area contributed by atoms with Gasteiger partial charge < -0.3 is 9.80 Å². The van der Waals surface area contributed by atoms with E-state index in [0.29, 0.717) is 0 Å². The van der Waals surface area contributed by atoms with E-state index >= 15 is 0 Å². The lowest BCUT2D eigenvalue weighted by Crippen LogP contribution is -2.75. The van der Waals surface area contributed by atoms with E-state index in [1.165, 1.54) is 98.6 Å². The van der Waals surface area contributed by atoms with E-state index in [1.54, 1.807) is 0 Å². The van der Waals surface area contributed by atoms with Crippen LogP contribution in [0.15, 0.2) is 237 Å². The molecular formula is C60H45BN2Si. The van der Waals surface area contributed by atoms with Crippen LogP contribution in [-0.2, 0) is 0 Å². The zero-order chi connectivity index (χ0) is 42.8. The first-order valence-corrected chi connectivity index (χ1v) is 24.4. The molecule has 0 bridgehead atoms. The summed E-state index contributed by atoms with van der Waals surface area (Å²) in [6, 6.07) is 89.0. The van der Waals surface area contributed by atoms with Gasteiger partial charge in [-0.15, -0.1) is 0 Å². The van der Waals surface area contributed by atoms with Crippen LogP contribution in [0.1, 0.15) is 11.1 Å². The number of fused-ring (bicyclic) bond motifs is 5. The second-order valence-electron chi connectivity index (χ2n) is 17.4. The first kappa shape index (κ1) is 38.1. The molecule has 0 aromatic heterocycles. The molecule has 12 rings (SSSR count). The third-order valence-electron chi connectivity index (χ3n) is 13.7. The Morgan fingerprint density at radius 1 is 0.344 bits per heavy atom. The Morgan fingerprint density at radius 3 is 1.55 bits per heavy atom. The third kappa shape index (κ3) is 5.94. The van der Waals surface area contributed by atoms with Crippen molar-refractivity contribution in [2.24, 2.45) is 0 Å². The van der Waals surface area contributed by atoms with Crippen molar-refractivity contribution in [2.45, 2.75) is 13.8 Å². The second kappa shape index (κ2) is 15.3. The number of rotatable bonds is 7. The lowest BCUT2D eigenvalue weighted by molar-refractivity contribution is 1.23.